The highest BCUT2D eigenvalue weighted by Gasteiger charge is 2.42. The first kappa shape index (κ1) is 11.8. The van der Waals surface area contributed by atoms with E-state index in [-0.39, 0.29) is 0 Å². The Labute approximate surface area is 110 Å². The van der Waals surface area contributed by atoms with Crippen LogP contribution in [0.1, 0.15) is 37.5 Å². The van der Waals surface area contributed by atoms with Gasteiger partial charge >= 0.3 is 0 Å². The van der Waals surface area contributed by atoms with Crippen molar-refractivity contribution in [3.05, 3.63) is 22.6 Å². The molecule has 0 amide bonds. The SMILES string of the molecule is NCC1CCCN(C2CC2)C1c1occc1Br. The Kier molecular flexibility index (Phi) is 3.28. The van der Waals surface area contributed by atoms with E-state index >= 15 is 0 Å². The summed E-state index contributed by atoms with van der Waals surface area (Å²) in [6.45, 7) is 1.94. The number of nitrogens with two attached hydrogens (primary N) is 1. The zero-order valence-electron chi connectivity index (χ0n) is 9.94. The minimum absolute atomic E-state index is 0.380. The first-order chi connectivity index (χ1) is 8.31. The number of furan rings is 1. The molecule has 1 aromatic heterocycles. The molecule has 2 atom stereocenters. The quantitative estimate of drug-likeness (QED) is 0.933. The number of nitrogens with zero attached hydrogens (tertiary/aromatic N) is 1. The number of rotatable bonds is 3. The molecule has 1 saturated heterocycles. The molecule has 0 aromatic carbocycles. The molecule has 1 aromatic rings. The molecule has 3 rings (SSSR count). The predicted octanol–water partition coefficient (Wildman–Crippen LogP) is 2.92. The van der Waals surface area contributed by atoms with E-state index in [0.29, 0.717) is 12.0 Å². The lowest BCUT2D eigenvalue weighted by Gasteiger charge is -2.40. The van der Waals surface area contributed by atoms with Gasteiger partial charge in [-0.05, 0) is 66.7 Å². The standard InChI is InChI=1S/C13H19BrN2O/c14-11-5-7-17-13(11)12-9(8-15)2-1-6-16(12)10-3-4-10/h5,7,9-10,12H,1-4,6,8,15H2. The zero-order chi connectivity index (χ0) is 11.8. The topological polar surface area (TPSA) is 42.4 Å². The van der Waals surface area contributed by atoms with E-state index in [9.17, 15) is 0 Å². The van der Waals surface area contributed by atoms with Gasteiger partial charge in [-0.1, -0.05) is 0 Å². The van der Waals surface area contributed by atoms with Crippen LogP contribution >= 0.6 is 15.9 Å². The molecule has 0 bridgehead atoms. The van der Waals surface area contributed by atoms with Gasteiger partial charge in [0.05, 0.1) is 16.8 Å². The number of hydrogen-bond acceptors (Lipinski definition) is 3. The van der Waals surface area contributed by atoms with Crippen molar-refractivity contribution in [2.24, 2.45) is 11.7 Å². The van der Waals surface area contributed by atoms with Crippen molar-refractivity contribution >= 4 is 15.9 Å². The molecule has 2 unspecified atom stereocenters. The minimum Gasteiger partial charge on any atom is -0.466 e. The van der Waals surface area contributed by atoms with Crippen LogP contribution in [-0.4, -0.2) is 24.0 Å². The van der Waals surface area contributed by atoms with Crippen LogP contribution in [-0.2, 0) is 0 Å². The highest BCUT2D eigenvalue weighted by Crippen LogP contribution is 2.44. The summed E-state index contributed by atoms with van der Waals surface area (Å²) in [6, 6.07) is 3.14. The first-order valence-electron chi connectivity index (χ1n) is 6.50. The van der Waals surface area contributed by atoms with Crippen molar-refractivity contribution in [2.75, 3.05) is 13.1 Å². The normalized spacial score (nSPS) is 30.7. The third-order valence-electron chi connectivity index (χ3n) is 4.03. The van der Waals surface area contributed by atoms with Gasteiger partial charge in [0.15, 0.2) is 0 Å². The van der Waals surface area contributed by atoms with Gasteiger partial charge in [-0.15, -0.1) is 0 Å². The Morgan fingerprint density at radius 1 is 1.41 bits per heavy atom. The number of halogens is 1. The van der Waals surface area contributed by atoms with Crippen LogP contribution in [0.2, 0.25) is 0 Å². The van der Waals surface area contributed by atoms with Crippen LogP contribution in [0, 0.1) is 5.92 Å². The fourth-order valence-corrected chi connectivity index (χ4v) is 3.48. The Hall–Kier alpha value is -0.320. The summed E-state index contributed by atoms with van der Waals surface area (Å²) in [6.07, 6.45) is 6.94. The number of piperidine rings is 1. The summed E-state index contributed by atoms with van der Waals surface area (Å²) >= 11 is 3.59. The molecular weight excluding hydrogens is 280 g/mol. The van der Waals surface area contributed by atoms with Gasteiger partial charge in [-0.3, -0.25) is 4.90 Å². The van der Waals surface area contributed by atoms with Gasteiger partial charge in [0, 0.05) is 6.04 Å². The summed E-state index contributed by atoms with van der Waals surface area (Å²) in [5.74, 6) is 1.61. The molecule has 17 heavy (non-hydrogen) atoms. The molecule has 2 aliphatic rings. The van der Waals surface area contributed by atoms with E-state index in [1.165, 1.54) is 32.2 Å². The van der Waals surface area contributed by atoms with Crippen molar-refractivity contribution in [3.8, 4) is 0 Å². The van der Waals surface area contributed by atoms with Gasteiger partial charge in [0.25, 0.3) is 0 Å². The van der Waals surface area contributed by atoms with Crippen LogP contribution in [0.4, 0.5) is 0 Å². The predicted molar refractivity (Wildman–Crippen MR) is 70.7 cm³/mol. The van der Waals surface area contributed by atoms with Gasteiger partial charge in [-0.2, -0.15) is 0 Å². The zero-order valence-corrected chi connectivity index (χ0v) is 11.5. The van der Waals surface area contributed by atoms with E-state index in [1.807, 2.05) is 6.07 Å². The largest absolute Gasteiger partial charge is 0.466 e. The van der Waals surface area contributed by atoms with Crippen molar-refractivity contribution < 1.29 is 4.42 Å². The lowest BCUT2D eigenvalue weighted by molar-refractivity contribution is 0.0715. The van der Waals surface area contributed by atoms with Crippen LogP contribution < -0.4 is 5.73 Å². The second-order valence-electron chi connectivity index (χ2n) is 5.18. The molecule has 1 aliphatic heterocycles. The molecule has 1 saturated carbocycles. The number of likely N-dealkylation sites (tertiary alicyclic amines) is 1. The Morgan fingerprint density at radius 2 is 2.24 bits per heavy atom. The third-order valence-corrected chi connectivity index (χ3v) is 4.68. The molecular formula is C13H19BrN2O. The summed E-state index contributed by atoms with van der Waals surface area (Å²) in [5, 5.41) is 0. The molecule has 0 radical (unpaired) electrons. The minimum atomic E-state index is 0.380. The second kappa shape index (κ2) is 4.75. The lowest BCUT2D eigenvalue weighted by atomic mass is 9.87. The molecule has 1 aliphatic carbocycles. The first-order valence-corrected chi connectivity index (χ1v) is 7.29. The van der Waals surface area contributed by atoms with Crippen LogP contribution in [0.25, 0.3) is 0 Å². The molecule has 94 valence electrons. The number of hydrogen-bond donors (Lipinski definition) is 1. The van der Waals surface area contributed by atoms with E-state index in [1.54, 1.807) is 6.26 Å². The molecule has 2 N–H and O–H groups in total. The average Bonchev–Trinajstić information content (AvgIpc) is 3.11. The summed E-state index contributed by atoms with van der Waals surface area (Å²) in [5.41, 5.74) is 5.95. The summed E-state index contributed by atoms with van der Waals surface area (Å²) in [4.78, 5) is 2.62. The summed E-state index contributed by atoms with van der Waals surface area (Å²) in [7, 11) is 0. The van der Waals surface area contributed by atoms with Crippen LogP contribution in [0.15, 0.2) is 21.2 Å². The van der Waals surface area contributed by atoms with Crippen LogP contribution in [0.3, 0.4) is 0 Å². The van der Waals surface area contributed by atoms with Gasteiger partial charge in [0.2, 0.25) is 0 Å². The van der Waals surface area contributed by atoms with Crippen LogP contribution in [0.5, 0.6) is 0 Å². The molecule has 2 fully saturated rings. The Bertz CT molecular complexity index is 389. The molecule has 0 spiro atoms. The van der Waals surface area contributed by atoms with Crippen molar-refractivity contribution in [1.82, 2.24) is 4.90 Å². The highest BCUT2D eigenvalue weighted by atomic mass is 79.9. The fourth-order valence-electron chi connectivity index (χ4n) is 3.05. The average molecular weight is 299 g/mol. The monoisotopic (exact) mass is 298 g/mol. The third kappa shape index (κ3) is 2.18. The maximum atomic E-state index is 5.95. The molecule has 2 heterocycles. The van der Waals surface area contributed by atoms with E-state index in [2.05, 4.69) is 20.8 Å². The van der Waals surface area contributed by atoms with E-state index in [0.717, 1.165) is 22.8 Å². The van der Waals surface area contributed by atoms with Crippen molar-refractivity contribution in [1.29, 1.82) is 0 Å². The maximum Gasteiger partial charge on any atom is 0.135 e. The summed E-state index contributed by atoms with van der Waals surface area (Å²) < 4.78 is 6.79. The lowest BCUT2D eigenvalue weighted by Crippen LogP contribution is -2.42. The van der Waals surface area contributed by atoms with E-state index < -0.39 is 0 Å². The second-order valence-corrected chi connectivity index (χ2v) is 6.04. The fraction of sp³-hybridized carbons (Fsp3) is 0.692. The molecule has 3 nitrogen and oxygen atoms in total. The van der Waals surface area contributed by atoms with Gasteiger partial charge in [-0.25, -0.2) is 0 Å². The smallest absolute Gasteiger partial charge is 0.135 e. The Balaban J connectivity index is 1.91. The highest BCUT2D eigenvalue weighted by molar-refractivity contribution is 9.10. The van der Waals surface area contributed by atoms with Crippen molar-refractivity contribution in [2.45, 2.75) is 37.8 Å². The Morgan fingerprint density at radius 3 is 2.82 bits per heavy atom. The van der Waals surface area contributed by atoms with Crippen molar-refractivity contribution in [3.63, 3.8) is 0 Å². The maximum absolute atomic E-state index is 5.95. The van der Waals surface area contributed by atoms with E-state index in [4.69, 9.17) is 10.2 Å². The van der Waals surface area contributed by atoms with Gasteiger partial charge in [0.1, 0.15) is 5.76 Å². The molecule has 4 heteroatoms. The van der Waals surface area contributed by atoms with Gasteiger partial charge < -0.3 is 10.2 Å².